The number of carbonyl (C=O) groups is 1. The molecular formula is C13H11BrFNO2. The zero-order chi connectivity index (χ0) is 13.1. The van der Waals surface area contributed by atoms with Crippen molar-refractivity contribution in [1.82, 2.24) is 4.98 Å². The first kappa shape index (κ1) is 12.8. The van der Waals surface area contributed by atoms with Crippen LogP contribution < -0.4 is 0 Å². The zero-order valence-corrected chi connectivity index (χ0v) is 11.3. The summed E-state index contributed by atoms with van der Waals surface area (Å²) in [5.74, 6) is -0.783. The molecule has 1 aromatic carbocycles. The van der Waals surface area contributed by atoms with Crippen LogP contribution in [0.3, 0.4) is 0 Å². The highest BCUT2D eigenvalue weighted by molar-refractivity contribution is 9.10. The third-order valence-electron chi connectivity index (χ3n) is 2.46. The molecule has 0 spiro atoms. The molecule has 0 amide bonds. The number of H-pyrrole nitrogens is 1. The predicted octanol–water partition coefficient (Wildman–Crippen LogP) is 3.76. The Morgan fingerprint density at radius 3 is 2.89 bits per heavy atom. The molecule has 1 aromatic heterocycles. The van der Waals surface area contributed by atoms with Gasteiger partial charge in [-0.15, -0.1) is 0 Å². The van der Waals surface area contributed by atoms with Gasteiger partial charge in [-0.05, 0) is 25.1 Å². The number of aromatic nitrogens is 1. The number of nitrogens with one attached hydrogen (secondary N) is 1. The van der Waals surface area contributed by atoms with E-state index in [9.17, 15) is 9.18 Å². The molecule has 0 bridgehead atoms. The SMILES string of the molecule is CCOC(=O)c1c[nH]cc1-c1cc(F)ccc1Br. The van der Waals surface area contributed by atoms with Crippen LogP contribution in [0.1, 0.15) is 17.3 Å². The molecule has 94 valence electrons. The fourth-order valence-electron chi connectivity index (χ4n) is 1.67. The Bertz CT molecular complexity index is 580. The highest BCUT2D eigenvalue weighted by atomic mass is 79.9. The first-order valence-corrected chi connectivity index (χ1v) is 6.22. The van der Waals surface area contributed by atoms with Crippen LogP contribution in [0.4, 0.5) is 4.39 Å². The van der Waals surface area contributed by atoms with E-state index in [4.69, 9.17) is 4.74 Å². The quantitative estimate of drug-likeness (QED) is 0.877. The highest BCUT2D eigenvalue weighted by Gasteiger charge is 2.17. The monoisotopic (exact) mass is 311 g/mol. The summed E-state index contributed by atoms with van der Waals surface area (Å²) in [4.78, 5) is 14.6. The fraction of sp³-hybridized carbons (Fsp3) is 0.154. The molecule has 0 saturated heterocycles. The minimum Gasteiger partial charge on any atom is -0.462 e. The Labute approximate surface area is 112 Å². The molecule has 0 aliphatic rings. The molecule has 3 nitrogen and oxygen atoms in total. The van der Waals surface area contributed by atoms with Gasteiger partial charge in [-0.3, -0.25) is 0 Å². The standard InChI is InChI=1S/C13H11BrFNO2/c1-2-18-13(17)11-7-16-6-10(11)9-5-8(15)3-4-12(9)14/h3-7,16H,2H2,1H3. The lowest BCUT2D eigenvalue weighted by atomic mass is 10.0. The molecule has 0 aliphatic heterocycles. The van der Waals surface area contributed by atoms with Gasteiger partial charge in [0, 0.05) is 28.0 Å². The topological polar surface area (TPSA) is 42.1 Å². The predicted molar refractivity (Wildman–Crippen MR) is 69.8 cm³/mol. The second-order valence-electron chi connectivity index (χ2n) is 3.63. The summed E-state index contributed by atoms with van der Waals surface area (Å²) in [6, 6.07) is 4.33. The third-order valence-corrected chi connectivity index (χ3v) is 3.15. The summed E-state index contributed by atoms with van der Waals surface area (Å²) in [7, 11) is 0. The van der Waals surface area contributed by atoms with Crippen LogP contribution in [0.15, 0.2) is 35.1 Å². The Balaban J connectivity index is 2.48. The second kappa shape index (κ2) is 5.35. The maximum Gasteiger partial charge on any atom is 0.340 e. The van der Waals surface area contributed by atoms with Crippen molar-refractivity contribution in [3.63, 3.8) is 0 Å². The fourth-order valence-corrected chi connectivity index (χ4v) is 2.13. The van der Waals surface area contributed by atoms with Crippen molar-refractivity contribution in [3.8, 4) is 11.1 Å². The van der Waals surface area contributed by atoms with Gasteiger partial charge in [0.05, 0.1) is 12.2 Å². The number of halogens is 2. The van der Waals surface area contributed by atoms with E-state index in [2.05, 4.69) is 20.9 Å². The number of aromatic amines is 1. The zero-order valence-electron chi connectivity index (χ0n) is 9.67. The van der Waals surface area contributed by atoms with Gasteiger partial charge in [0.25, 0.3) is 0 Å². The van der Waals surface area contributed by atoms with Crippen LogP contribution in [-0.2, 0) is 4.74 Å². The van der Waals surface area contributed by atoms with Gasteiger partial charge in [-0.1, -0.05) is 15.9 Å². The van der Waals surface area contributed by atoms with Crippen molar-refractivity contribution in [2.45, 2.75) is 6.92 Å². The van der Waals surface area contributed by atoms with Crippen LogP contribution in [0.2, 0.25) is 0 Å². The lowest BCUT2D eigenvalue weighted by molar-refractivity contribution is 0.0527. The Morgan fingerprint density at radius 2 is 2.17 bits per heavy atom. The molecule has 0 fully saturated rings. The molecule has 18 heavy (non-hydrogen) atoms. The van der Waals surface area contributed by atoms with Crippen LogP contribution in [0, 0.1) is 5.82 Å². The van der Waals surface area contributed by atoms with Crippen molar-refractivity contribution in [2.24, 2.45) is 0 Å². The second-order valence-corrected chi connectivity index (χ2v) is 4.48. The smallest absolute Gasteiger partial charge is 0.340 e. The van der Waals surface area contributed by atoms with Gasteiger partial charge in [-0.2, -0.15) is 0 Å². The third kappa shape index (κ3) is 2.46. The minimum atomic E-state index is -0.426. The molecule has 0 unspecified atom stereocenters. The van der Waals surface area contributed by atoms with Gasteiger partial charge >= 0.3 is 5.97 Å². The maximum atomic E-state index is 13.3. The first-order valence-electron chi connectivity index (χ1n) is 5.42. The van der Waals surface area contributed by atoms with E-state index in [0.717, 1.165) is 0 Å². The minimum absolute atomic E-state index is 0.299. The van der Waals surface area contributed by atoms with Gasteiger partial charge in [0.15, 0.2) is 0 Å². The lowest BCUT2D eigenvalue weighted by Gasteiger charge is -2.06. The maximum absolute atomic E-state index is 13.3. The molecule has 0 aliphatic carbocycles. The largest absolute Gasteiger partial charge is 0.462 e. The average molecular weight is 312 g/mol. The average Bonchev–Trinajstić information content (AvgIpc) is 2.81. The first-order chi connectivity index (χ1) is 8.63. The number of rotatable bonds is 3. The Kier molecular flexibility index (Phi) is 3.81. The van der Waals surface area contributed by atoms with Crippen LogP contribution in [-0.4, -0.2) is 17.6 Å². The summed E-state index contributed by atoms with van der Waals surface area (Å²) in [6.07, 6.45) is 3.19. The number of hydrogen-bond acceptors (Lipinski definition) is 2. The van der Waals surface area contributed by atoms with Crippen molar-refractivity contribution < 1.29 is 13.9 Å². The molecule has 2 aromatic rings. The molecule has 0 saturated carbocycles. The van der Waals surface area contributed by atoms with Crippen molar-refractivity contribution in [2.75, 3.05) is 6.61 Å². The van der Waals surface area contributed by atoms with Crippen molar-refractivity contribution in [3.05, 3.63) is 46.4 Å². The van der Waals surface area contributed by atoms with E-state index in [-0.39, 0.29) is 5.82 Å². The Morgan fingerprint density at radius 1 is 1.39 bits per heavy atom. The van der Waals surface area contributed by atoms with E-state index in [0.29, 0.717) is 27.8 Å². The van der Waals surface area contributed by atoms with Crippen molar-refractivity contribution in [1.29, 1.82) is 0 Å². The summed E-state index contributed by atoms with van der Waals surface area (Å²) in [5.41, 5.74) is 1.61. The summed E-state index contributed by atoms with van der Waals surface area (Å²) in [5, 5.41) is 0. The van der Waals surface area contributed by atoms with E-state index >= 15 is 0 Å². The van der Waals surface area contributed by atoms with Crippen LogP contribution >= 0.6 is 15.9 Å². The number of hydrogen-bond donors (Lipinski definition) is 1. The van der Waals surface area contributed by atoms with Gasteiger partial charge < -0.3 is 9.72 Å². The number of carbonyl (C=O) groups excluding carboxylic acids is 1. The molecular weight excluding hydrogens is 301 g/mol. The summed E-state index contributed by atoms with van der Waals surface area (Å²) >= 11 is 3.34. The molecule has 0 radical (unpaired) electrons. The van der Waals surface area contributed by atoms with Gasteiger partial charge in [0.2, 0.25) is 0 Å². The highest BCUT2D eigenvalue weighted by Crippen LogP contribution is 2.31. The number of ether oxygens (including phenoxy) is 1. The van der Waals surface area contributed by atoms with E-state index < -0.39 is 5.97 Å². The molecule has 2 rings (SSSR count). The molecule has 5 heteroatoms. The van der Waals surface area contributed by atoms with E-state index in [1.807, 2.05) is 0 Å². The molecule has 1 N–H and O–H groups in total. The van der Waals surface area contributed by atoms with E-state index in [1.165, 1.54) is 12.1 Å². The van der Waals surface area contributed by atoms with Crippen LogP contribution in [0.25, 0.3) is 11.1 Å². The summed E-state index contributed by atoms with van der Waals surface area (Å²) < 4.78 is 18.9. The van der Waals surface area contributed by atoms with Crippen LogP contribution in [0.5, 0.6) is 0 Å². The summed E-state index contributed by atoms with van der Waals surface area (Å²) in [6.45, 7) is 2.04. The number of esters is 1. The molecule has 1 heterocycles. The normalized spacial score (nSPS) is 10.4. The van der Waals surface area contributed by atoms with Crippen molar-refractivity contribution >= 4 is 21.9 Å². The number of benzene rings is 1. The Hall–Kier alpha value is -1.62. The van der Waals surface area contributed by atoms with Gasteiger partial charge in [0.1, 0.15) is 5.82 Å². The van der Waals surface area contributed by atoms with E-state index in [1.54, 1.807) is 25.4 Å². The lowest BCUT2D eigenvalue weighted by Crippen LogP contribution is -2.04. The van der Waals surface area contributed by atoms with Gasteiger partial charge in [-0.25, -0.2) is 9.18 Å². The molecule has 0 atom stereocenters.